The molecule has 1 saturated heterocycles. The average molecular weight is 475 g/mol. The van der Waals surface area contributed by atoms with Gasteiger partial charge in [-0.25, -0.2) is 0 Å². The van der Waals surface area contributed by atoms with E-state index in [1.807, 2.05) is 43.3 Å². The summed E-state index contributed by atoms with van der Waals surface area (Å²) in [5.74, 6) is -1.62. The van der Waals surface area contributed by atoms with Gasteiger partial charge in [0.05, 0.1) is 11.6 Å². The second-order valence-corrected chi connectivity index (χ2v) is 8.72. The molecule has 1 aliphatic heterocycles. The lowest BCUT2D eigenvalue weighted by atomic mass is 9.94. The Labute approximate surface area is 204 Å². The molecule has 1 fully saturated rings. The normalized spacial score (nSPS) is 17.3. The predicted molar refractivity (Wildman–Crippen MR) is 137 cm³/mol. The molecule has 3 aromatic carbocycles. The molecule has 1 aliphatic rings. The monoisotopic (exact) mass is 474 g/mol. The minimum atomic E-state index is -0.787. The summed E-state index contributed by atoms with van der Waals surface area (Å²) in [6.07, 6.45) is 0. The number of hydrogen-bond donors (Lipinski definition) is 1. The van der Waals surface area contributed by atoms with Gasteiger partial charge in [-0.15, -0.1) is 0 Å². The topological polar surface area (TPSA) is 60.9 Å². The van der Waals surface area contributed by atoms with Gasteiger partial charge in [0.25, 0.3) is 11.7 Å². The third-order valence-corrected chi connectivity index (χ3v) is 6.43. The van der Waals surface area contributed by atoms with Crippen LogP contribution in [-0.2, 0) is 9.59 Å². The lowest BCUT2D eigenvalue weighted by Crippen LogP contribution is -2.29. The summed E-state index contributed by atoms with van der Waals surface area (Å²) < 4.78 is 0. The molecular weight excluding hydrogens is 448 g/mol. The fraction of sp³-hybridized carbons (Fsp3) is 0.214. The molecule has 0 radical (unpaired) electrons. The highest BCUT2D eigenvalue weighted by Gasteiger charge is 2.47. The summed E-state index contributed by atoms with van der Waals surface area (Å²) in [6, 6.07) is 21.0. The number of hydrogen-bond acceptors (Lipinski definition) is 4. The predicted octanol–water partition coefficient (Wildman–Crippen LogP) is 6.12. The smallest absolute Gasteiger partial charge is 0.300 e. The van der Waals surface area contributed by atoms with E-state index in [0.717, 1.165) is 29.9 Å². The Kier molecular flexibility index (Phi) is 6.75. The third-order valence-electron chi connectivity index (χ3n) is 6.19. The lowest BCUT2D eigenvalue weighted by Gasteiger charge is -2.27. The molecule has 3 aromatic rings. The summed E-state index contributed by atoms with van der Waals surface area (Å²) in [6.45, 7) is 7.86. The Balaban J connectivity index is 1.90. The van der Waals surface area contributed by atoms with Gasteiger partial charge in [-0.1, -0.05) is 59.6 Å². The minimum Gasteiger partial charge on any atom is -0.507 e. The SMILES string of the molecule is CCN(CC)c1ccc(C2/C(=C(\O)c3ccc(C)cc3)C(=O)C(=O)N2c2cccc(Cl)c2)cc1. The number of halogens is 1. The van der Waals surface area contributed by atoms with Gasteiger partial charge in [0.15, 0.2) is 0 Å². The Morgan fingerprint density at radius 3 is 2.21 bits per heavy atom. The van der Waals surface area contributed by atoms with Crippen LogP contribution < -0.4 is 9.80 Å². The van der Waals surface area contributed by atoms with Crippen LogP contribution in [0.4, 0.5) is 11.4 Å². The van der Waals surface area contributed by atoms with Crippen LogP contribution in [0.2, 0.25) is 5.02 Å². The van der Waals surface area contributed by atoms with E-state index in [2.05, 4.69) is 18.7 Å². The van der Waals surface area contributed by atoms with Crippen molar-refractivity contribution in [2.75, 3.05) is 22.9 Å². The highest BCUT2D eigenvalue weighted by atomic mass is 35.5. The van der Waals surface area contributed by atoms with E-state index >= 15 is 0 Å². The first-order chi connectivity index (χ1) is 16.3. The number of Topliss-reactive ketones (excluding diaryl/α,β-unsaturated/α-hetero) is 1. The van der Waals surface area contributed by atoms with E-state index < -0.39 is 17.7 Å². The first kappa shape index (κ1) is 23.6. The molecule has 34 heavy (non-hydrogen) atoms. The average Bonchev–Trinajstić information content (AvgIpc) is 3.11. The molecule has 6 heteroatoms. The molecule has 0 aliphatic carbocycles. The fourth-order valence-electron chi connectivity index (χ4n) is 4.36. The number of rotatable bonds is 6. The summed E-state index contributed by atoms with van der Waals surface area (Å²) in [7, 11) is 0. The molecule has 0 aromatic heterocycles. The van der Waals surface area contributed by atoms with Gasteiger partial charge in [-0.2, -0.15) is 0 Å². The molecule has 4 rings (SSSR count). The maximum absolute atomic E-state index is 13.3. The number of carbonyl (C=O) groups is 2. The van der Waals surface area contributed by atoms with Gasteiger partial charge in [-0.3, -0.25) is 14.5 Å². The highest BCUT2D eigenvalue weighted by Crippen LogP contribution is 2.43. The number of aliphatic hydroxyl groups excluding tert-OH is 1. The van der Waals surface area contributed by atoms with Crippen LogP contribution in [0.15, 0.2) is 78.4 Å². The van der Waals surface area contributed by atoms with E-state index in [1.165, 1.54) is 4.90 Å². The summed E-state index contributed by atoms with van der Waals surface area (Å²) in [5, 5.41) is 11.7. The Morgan fingerprint density at radius 1 is 0.971 bits per heavy atom. The first-order valence-corrected chi connectivity index (χ1v) is 11.7. The molecule has 1 heterocycles. The standard InChI is InChI=1S/C28H27ClN2O3/c1-4-30(5-2)22-15-13-19(14-16-22)25-24(26(32)20-11-9-18(3)10-12-20)27(33)28(34)31(25)23-8-6-7-21(29)17-23/h6-17,25,32H,4-5H2,1-3H3/b26-24+. The number of amides is 1. The number of ketones is 1. The van der Waals surface area contributed by atoms with E-state index in [4.69, 9.17) is 11.6 Å². The molecular formula is C28H27ClN2O3. The highest BCUT2D eigenvalue weighted by molar-refractivity contribution is 6.51. The van der Waals surface area contributed by atoms with Gasteiger partial charge in [0.1, 0.15) is 5.76 Å². The van der Waals surface area contributed by atoms with Gasteiger partial charge < -0.3 is 10.0 Å². The number of aryl methyl sites for hydroxylation is 1. The molecule has 1 amide bonds. The summed E-state index contributed by atoms with van der Waals surface area (Å²) >= 11 is 6.21. The maximum atomic E-state index is 13.3. The molecule has 5 nitrogen and oxygen atoms in total. The van der Waals surface area contributed by atoms with E-state index in [9.17, 15) is 14.7 Å². The minimum absolute atomic E-state index is 0.0596. The lowest BCUT2D eigenvalue weighted by molar-refractivity contribution is -0.132. The number of carbonyl (C=O) groups excluding carboxylic acids is 2. The number of nitrogens with zero attached hydrogens (tertiary/aromatic N) is 2. The van der Waals surface area contributed by atoms with Gasteiger partial charge in [0, 0.05) is 35.1 Å². The zero-order valence-electron chi connectivity index (χ0n) is 19.5. The zero-order valence-corrected chi connectivity index (χ0v) is 20.2. The van der Waals surface area contributed by atoms with Crippen LogP contribution in [0.3, 0.4) is 0 Å². The Morgan fingerprint density at radius 2 is 1.62 bits per heavy atom. The quantitative estimate of drug-likeness (QED) is 0.265. The summed E-state index contributed by atoms with van der Waals surface area (Å²) in [4.78, 5) is 30.1. The second kappa shape index (κ2) is 9.74. The van der Waals surface area contributed by atoms with Crippen LogP contribution in [0, 0.1) is 6.92 Å². The molecule has 174 valence electrons. The maximum Gasteiger partial charge on any atom is 0.300 e. The van der Waals surface area contributed by atoms with Crippen LogP contribution in [0.5, 0.6) is 0 Å². The van der Waals surface area contributed by atoms with Crippen LogP contribution in [-0.4, -0.2) is 29.9 Å². The molecule has 1 atom stereocenters. The molecule has 0 bridgehead atoms. The molecule has 1 unspecified atom stereocenters. The van der Waals surface area contributed by atoms with Crippen LogP contribution in [0.25, 0.3) is 5.76 Å². The van der Waals surface area contributed by atoms with Gasteiger partial charge >= 0.3 is 0 Å². The third kappa shape index (κ3) is 4.31. The Hall–Kier alpha value is -3.57. The van der Waals surface area contributed by atoms with Crippen molar-refractivity contribution in [3.8, 4) is 0 Å². The molecule has 0 spiro atoms. The van der Waals surface area contributed by atoms with Crippen molar-refractivity contribution in [2.24, 2.45) is 0 Å². The van der Waals surface area contributed by atoms with Crippen molar-refractivity contribution in [3.05, 3.63) is 100 Å². The number of aliphatic hydroxyl groups is 1. The van der Waals surface area contributed by atoms with E-state index in [0.29, 0.717) is 16.3 Å². The van der Waals surface area contributed by atoms with Gasteiger partial charge in [0.2, 0.25) is 0 Å². The molecule has 0 saturated carbocycles. The van der Waals surface area contributed by atoms with Crippen molar-refractivity contribution < 1.29 is 14.7 Å². The Bertz CT molecular complexity index is 1250. The first-order valence-electron chi connectivity index (χ1n) is 11.3. The fourth-order valence-corrected chi connectivity index (χ4v) is 4.55. The van der Waals surface area contributed by atoms with E-state index in [-0.39, 0.29) is 11.3 Å². The molecule has 1 N–H and O–H groups in total. The zero-order chi connectivity index (χ0) is 24.4. The van der Waals surface area contributed by atoms with E-state index in [1.54, 1.807) is 36.4 Å². The van der Waals surface area contributed by atoms with Crippen molar-refractivity contribution >= 4 is 40.4 Å². The van der Waals surface area contributed by atoms with Crippen molar-refractivity contribution in [2.45, 2.75) is 26.8 Å². The van der Waals surface area contributed by atoms with Crippen LogP contribution in [0.1, 0.15) is 36.6 Å². The largest absolute Gasteiger partial charge is 0.507 e. The van der Waals surface area contributed by atoms with Gasteiger partial charge in [-0.05, 0) is 56.7 Å². The van der Waals surface area contributed by atoms with Crippen molar-refractivity contribution in [1.29, 1.82) is 0 Å². The van der Waals surface area contributed by atoms with Crippen molar-refractivity contribution in [3.63, 3.8) is 0 Å². The van der Waals surface area contributed by atoms with Crippen LogP contribution >= 0.6 is 11.6 Å². The number of benzene rings is 3. The van der Waals surface area contributed by atoms with Crippen molar-refractivity contribution in [1.82, 2.24) is 0 Å². The second-order valence-electron chi connectivity index (χ2n) is 8.28. The summed E-state index contributed by atoms with van der Waals surface area (Å²) in [5.41, 5.74) is 3.84. The number of anilines is 2.